The standard InChI is InChI=1S/C16H30N2O3/c1-3-4-9-19-11-13-21-14-12-20-10-8-18-7-5-6-16(18)15-17-2/h5-7,17H,3-4,8-15H2,1-2H3. The molecule has 0 saturated carbocycles. The molecule has 0 spiro atoms. The molecule has 0 aliphatic rings. The lowest BCUT2D eigenvalue weighted by atomic mass is 10.4. The van der Waals surface area contributed by atoms with Crippen molar-refractivity contribution in [1.82, 2.24) is 9.88 Å². The van der Waals surface area contributed by atoms with E-state index in [2.05, 4.69) is 35.1 Å². The third kappa shape index (κ3) is 8.88. The van der Waals surface area contributed by atoms with E-state index in [0.29, 0.717) is 33.0 Å². The highest BCUT2D eigenvalue weighted by Gasteiger charge is 1.99. The number of ether oxygens (including phenoxy) is 3. The van der Waals surface area contributed by atoms with E-state index in [1.54, 1.807) is 0 Å². The van der Waals surface area contributed by atoms with Crippen molar-refractivity contribution in [3.05, 3.63) is 24.0 Å². The molecule has 122 valence electrons. The second-order valence-electron chi connectivity index (χ2n) is 4.91. The molecular weight excluding hydrogens is 268 g/mol. The van der Waals surface area contributed by atoms with Crippen molar-refractivity contribution in [3.63, 3.8) is 0 Å². The first-order valence-electron chi connectivity index (χ1n) is 7.90. The summed E-state index contributed by atoms with van der Waals surface area (Å²) in [7, 11) is 1.96. The van der Waals surface area contributed by atoms with Gasteiger partial charge in [0.05, 0.1) is 33.0 Å². The third-order valence-electron chi connectivity index (χ3n) is 3.14. The molecule has 1 aromatic heterocycles. The molecule has 1 heterocycles. The fraction of sp³-hybridized carbons (Fsp3) is 0.750. The van der Waals surface area contributed by atoms with Gasteiger partial charge < -0.3 is 24.1 Å². The second kappa shape index (κ2) is 12.8. The quantitative estimate of drug-likeness (QED) is 0.534. The summed E-state index contributed by atoms with van der Waals surface area (Å²) >= 11 is 0. The van der Waals surface area contributed by atoms with Crippen molar-refractivity contribution in [2.24, 2.45) is 0 Å². The third-order valence-corrected chi connectivity index (χ3v) is 3.14. The SMILES string of the molecule is CCCCOCCOCCOCCn1cccc1CNC. The van der Waals surface area contributed by atoms with Gasteiger partial charge in [0.2, 0.25) is 0 Å². The van der Waals surface area contributed by atoms with E-state index in [4.69, 9.17) is 14.2 Å². The van der Waals surface area contributed by atoms with Gasteiger partial charge in [-0.1, -0.05) is 13.3 Å². The van der Waals surface area contributed by atoms with Crippen LogP contribution in [0.15, 0.2) is 18.3 Å². The van der Waals surface area contributed by atoms with Crippen LogP contribution in [0.25, 0.3) is 0 Å². The van der Waals surface area contributed by atoms with E-state index in [1.165, 1.54) is 12.1 Å². The van der Waals surface area contributed by atoms with Gasteiger partial charge in [0.25, 0.3) is 0 Å². The molecule has 0 aromatic carbocycles. The van der Waals surface area contributed by atoms with Crippen molar-refractivity contribution >= 4 is 0 Å². The first-order chi connectivity index (χ1) is 10.4. The number of aromatic nitrogens is 1. The molecule has 0 radical (unpaired) electrons. The molecule has 0 bridgehead atoms. The number of hydrogen-bond acceptors (Lipinski definition) is 4. The van der Waals surface area contributed by atoms with Crippen molar-refractivity contribution in [2.75, 3.05) is 46.7 Å². The minimum Gasteiger partial charge on any atom is -0.379 e. The largest absolute Gasteiger partial charge is 0.379 e. The van der Waals surface area contributed by atoms with Crippen molar-refractivity contribution in [3.8, 4) is 0 Å². The molecule has 0 fully saturated rings. The van der Waals surface area contributed by atoms with E-state index in [1.807, 2.05) is 7.05 Å². The lowest BCUT2D eigenvalue weighted by molar-refractivity contribution is 0.0126. The summed E-state index contributed by atoms with van der Waals surface area (Å²) in [6, 6.07) is 4.19. The molecule has 21 heavy (non-hydrogen) atoms. The minimum absolute atomic E-state index is 0.631. The smallest absolute Gasteiger partial charge is 0.0701 e. The van der Waals surface area contributed by atoms with E-state index in [0.717, 1.165) is 26.1 Å². The fourth-order valence-corrected chi connectivity index (χ4v) is 1.96. The van der Waals surface area contributed by atoms with Crippen LogP contribution < -0.4 is 5.32 Å². The number of hydrogen-bond donors (Lipinski definition) is 1. The predicted octanol–water partition coefficient (Wildman–Crippen LogP) is 2.06. The molecule has 5 heteroatoms. The zero-order valence-corrected chi connectivity index (χ0v) is 13.5. The molecule has 0 aliphatic carbocycles. The molecule has 0 unspecified atom stereocenters. The average Bonchev–Trinajstić information content (AvgIpc) is 2.92. The molecule has 0 saturated heterocycles. The molecule has 5 nitrogen and oxygen atoms in total. The summed E-state index contributed by atoms with van der Waals surface area (Å²) in [4.78, 5) is 0. The van der Waals surface area contributed by atoms with Crippen molar-refractivity contribution in [1.29, 1.82) is 0 Å². The molecule has 0 aliphatic heterocycles. The monoisotopic (exact) mass is 298 g/mol. The van der Waals surface area contributed by atoms with Crippen LogP contribution in [-0.4, -0.2) is 51.3 Å². The Bertz CT molecular complexity index is 342. The van der Waals surface area contributed by atoms with E-state index < -0.39 is 0 Å². The second-order valence-corrected chi connectivity index (χ2v) is 4.91. The zero-order chi connectivity index (χ0) is 15.2. The van der Waals surface area contributed by atoms with Crippen molar-refractivity contribution in [2.45, 2.75) is 32.9 Å². The van der Waals surface area contributed by atoms with Crippen LogP contribution in [0.4, 0.5) is 0 Å². The Morgan fingerprint density at radius 3 is 2.33 bits per heavy atom. The van der Waals surface area contributed by atoms with Gasteiger partial charge in [0.1, 0.15) is 0 Å². The van der Waals surface area contributed by atoms with Crippen LogP contribution >= 0.6 is 0 Å². The van der Waals surface area contributed by atoms with Crippen LogP contribution in [0, 0.1) is 0 Å². The topological polar surface area (TPSA) is 44.7 Å². The highest BCUT2D eigenvalue weighted by atomic mass is 16.5. The van der Waals surface area contributed by atoms with Gasteiger partial charge in [0.15, 0.2) is 0 Å². The maximum Gasteiger partial charge on any atom is 0.0701 e. The van der Waals surface area contributed by atoms with Crippen LogP contribution in [0.1, 0.15) is 25.5 Å². The van der Waals surface area contributed by atoms with Gasteiger partial charge >= 0.3 is 0 Å². The molecular formula is C16H30N2O3. The number of nitrogens with one attached hydrogen (secondary N) is 1. The number of rotatable bonds is 14. The van der Waals surface area contributed by atoms with Gasteiger partial charge in [-0.3, -0.25) is 0 Å². The molecule has 0 amide bonds. The summed E-state index contributed by atoms with van der Waals surface area (Å²) in [5.74, 6) is 0. The van der Waals surface area contributed by atoms with Gasteiger partial charge in [0, 0.05) is 31.6 Å². The van der Waals surface area contributed by atoms with Gasteiger partial charge in [-0.15, -0.1) is 0 Å². The Kier molecular flexibility index (Phi) is 11.1. The molecule has 1 rings (SSSR count). The first-order valence-corrected chi connectivity index (χ1v) is 7.90. The summed E-state index contributed by atoms with van der Waals surface area (Å²) < 4.78 is 18.6. The Labute approximate surface area is 128 Å². The summed E-state index contributed by atoms with van der Waals surface area (Å²) in [6.45, 7) is 8.06. The number of unbranched alkanes of at least 4 members (excludes halogenated alkanes) is 1. The minimum atomic E-state index is 0.631. The van der Waals surface area contributed by atoms with Crippen LogP contribution in [0.3, 0.4) is 0 Å². The molecule has 0 atom stereocenters. The van der Waals surface area contributed by atoms with Crippen LogP contribution in [-0.2, 0) is 27.3 Å². The summed E-state index contributed by atoms with van der Waals surface area (Å²) in [6.07, 6.45) is 4.38. The van der Waals surface area contributed by atoms with E-state index in [-0.39, 0.29) is 0 Å². The summed E-state index contributed by atoms with van der Waals surface area (Å²) in [5.41, 5.74) is 1.28. The first kappa shape index (κ1) is 18.2. The highest BCUT2D eigenvalue weighted by Crippen LogP contribution is 2.01. The lowest BCUT2D eigenvalue weighted by Gasteiger charge is -2.10. The summed E-state index contributed by atoms with van der Waals surface area (Å²) in [5, 5.41) is 3.16. The molecule has 1 aromatic rings. The lowest BCUT2D eigenvalue weighted by Crippen LogP contribution is -2.15. The van der Waals surface area contributed by atoms with Crippen LogP contribution in [0.2, 0.25) is 0 Å². The predicted molar refractivity (Wildman–Crippen MR) is 84.6 cm³/mol. The fourth-order valence-electron chi connectivity index (χ4n) is 1.96. The van der Waals surface area contributed by atoms with Crippen molar-refractivity contribution < 1.29 is 14.2 Å². The Hall–Kier alpha value is -0.880. The maximum absolute atomic E-state index is 5.58. The Balaban J connectivity index is 1.89. The zero-order valence-electron chi connectivity index (χ0n) is 13.5. The van der Waals surface area contributed by atoms with Crippen LogP contribution in [0.5, 0.6) is 0 Å². The Morgan fingerprint density at radius 1 is 1.00 bits per heavy atom. The highest BCUT2D eigenvalue weighted by molar-refractivity contribution is 5.06. The molecule has 1 N–H and O–H groups in total. The van der Waals surface area contributed by atoms with Gasteiger partial charge in [-0.2, -0.15) is 0 Å². The Morgan fingerprint density at radius 2 is 1.67 bits per heavy atom. The van der Waals surface area contributed by atoms with Gasteiger partial charge in [-0.25, -0.2) is 0 Å². The van der Waals surface area contributed by atoms with Gasteiger partial charge in [-0.05, 0) is 25.6 Å². The maximum atomic E-state index is 5.58. The number of nitrogens with zero attached hydrogens (tertiary/aromatic N) is 1. The van der Waals surface area contributed by atoms with E-state index in [9.17, 15) is 0 Å². The average molecular weight is 298 g/mol. The van der Waals surface area contributed by atoms with E-state index >= 15 is 0 Å². The normalized spacial score (nSPS) is 11.1.